The van der Waals surface area contributed by atoms with E-state index in [1.165, 1.54) is 6.07 Å². The van der Waals surface area contributed by atoms with Crippen LogP contribution in [0.4, 0.5) is 13.2 Å². The number of rotatable bonds is 9. The van der Waals surface area contributed by atoms with Crippen molar-refractivity contribution in [3.63, 3.8) is 0 Å². The molecule has 1 heterocycles. The number of carbonyl (C=O) groups is 1. The van der Waals surface area contributed by atoms with E-state index in [9.17, 15) is 23.1 Å². The monoisotopic (exact) mass is 524 g/mol. The van der Waals surface area contributed by atoms with Crippen LogP contribution in [0.1, 0.15) is 48.1 Å². The SMILES string of the molecule is CCc1cc(C(C)=NOCc2ccc(-c3ccccc3)c(C(F)(F)F)c2)ccc1CN1CCC(C(=O)O)C1. The standard InChI is InChI=1S/C30H31F3N2O3/c1-3-22-16-24(10-11-25(22)17-35-14-13-26(18-35)29(36)37)20(2)34-38-19-21-9-12-27(23-7-5-4-6-8-23)28(15-21)30(31,32)33/h4-12,15-16,26H,3,13-14,17-19H2,1-2H3,(H,36,37). The second-order valence-electron chi connectivity index (χ2n) is 9.59. The first-order valence-electron chi connectivity index (χ1n) is 12.6. The summed E-state index contributed by atoms with van der Waals surface area (Å²) in [5.41, 5.74) is 4.08. The van der Waals surface area contributed by atoms with Crippen LogP contribution in [0.2, 0.25) is 0 Å². The molecule has 1 saturated heterocycles. The number of oxime groups is 1. The number of halogens is 3. The number of likely N-dealkylation sites (tertiary alicyclic amines) is 1. The number of alkyl halides is 3. The Morgan fingerprint density at radius 2 is 1.84 bits per heavy atom. The molecule has 38 heavy (non-hydrogen) atoms. The van der Waals surface area contributed by atoms with E-state index in [4.69, 9.17) is 4.84 Å². The minimum atomic E-state index is -4.50. The van der Waals surface area contributed by atoms with Crippen LogP contribution in [0.25, 0.3) is 11.1 Å². The lowest BCUT2D eigenvalue weighted by Crippen LogP contribution is -2.23. The van der Waals surface area contributed by atoms with Crippen LogP contribution in [0.15, 0.2) is 71.9 Å². The summed E-state index contributed by atoms with van der Waals surface area (Å²) >= 11 is 0. The number of aliphatic carboxylic acids is 1. The average molecular weight is 525 g/mol. The maximum atomic E-state index is 13.8. The zero-order valence-corrected chi connectivity index (χ0v) is 21.5. The molecule has 3 aromatic rings. The number of hydrogen-bond donors (Lipinski definition) is 1. The summed E-state index contributed by atoms with van der Waals surface area (Å²) in [6.45, 7) is 5.78. The van der Waals surface area contributed by atoms with Gasteiger partial charge < -0.3 is 9.94 Å². The smallest absolute Gasteiger partial charge is 0.417 e. The van der Waals surface area contributed by atoms with Crippen molar-refractivity contribution in [1.29, 1.82) is 0 Å². The van der Waals surface area contributed by atoms with Crippen LogP contribution in [0.3, 0.4) is 0 Å². The third-order valence-corrected chi connectivity index (χ3v) is 6.93. The Morgan fingerprint density at radius 3 is 2.50 bits per heavy atom. The fraction of sp³-hybridized carbons (Fsp3) is 0.333. The van der Waals surface area contributed by atoms with Crippen LogP contribution in [0, 0.1) is 5.92 Å². The predicted octanol–water partition coefficient (Wildman–Crippen LogP) is 6.78. The summed E-state index contributed by atoms with van der Waals surface area (Å²) in [5, 5.41) is 13.4. The van der Waals surface area contributed by atoms with Gasteiger partial charge in [-0.2, -0.15) is 13.2 Å². The zero-order chi connectivity index (χ0) is 27.3. The second kappa shape index (κ2) is 11.8. The zero-order valence-electron chi connectivity index (χ0n) is 21.5. The average Bonchev–Trinajstić information content (AvgIpc) is 3.38. The highest BCUT2D eigenvalue weighted by Gasteiger charge is 2.34. The molecule has 4 rings (SSSR count). The van der Waals surface area contributed by atoms with E-state index in [1.54, 1.807) is 43.3 Å². The molecular weight excluding hydrogens is 493 g/mol. The first-order chi connectivity index (χ1) is 18.2. The minimum Gasteiger partial charge on any atom is -0.481 e. The van der Waals surface area contributed by atoms with Crippen LogP contribution >= 0.6 is 0 Å². The summed E-state index contributed by atoms with van der Waals surface area (Å²) in [4.78, 5) is 18.9. The van der Waals surface area contributed by atoms with E-state index in [2.05, 4.69) is 17.0 Å². The molecule has 1 aliphatic heterocycles. The molecule has 1 unspecified atom stereocenters. The van der Waals surface area contributed by atoms with Gasteiger partial charge in [0, 0.05) is 13.1 Å². The van der Waals surface area contributed by atoms with Crippen LogP contribution < -0.4 is 0 Å². The van der Waals surface area contributed by atoms with Gasteiger partial charge in [0.2, 0.25) is 0 Å². The van der Waals surface area contributed by atoms with E-state index in [0.717, 1.165) is 35.7 Å². The molecule has 0 amide bonds. The topological polar surface area (TPSA) is 62.1 Å². The summed E-state index contributed by atoms with van der Waals surface area (Å²) in [7, 11) is 0. The van der Waals surface area contributed by atoms with E-state index in [0.29, 0.717) is 36.3 Å². The van der Waals surface area contributed by atoms with Crippen molar-refractivity contribution in [2.75, 3.05) is 13.1 Å². The van der Waals surface area contributed by atoms with Crippen molar-refractivity contribution in [2.45, 2.75) is 46.0 Å². The predicted molar refractivity (Wildman–Crippen MR) is 141 cm³/mol. The fourth-order valence-corrected chi connectivity index (χ4v) is 4.79. The van der Waals surface area contributed by atoms with Crippen molar-refractivity contribution in [3.05, 3.63) is 94.5 Å². The van der Waals surface area contributed by atoms with Gasteiger partial charge >= 0.3 is 12.1 Å². The summed E-state index contributed by atoms with van der Waals surface area (Å²) in [5.74, 6) is -1.06. The van der Waals surface area contributed by atoms with Gasteiger partial charge in [-0.15, -0.1) is 0 Å². The van der Waals surface area contributed by atoms with Crippen LogP contribution in [-0.4, -0.2) is 34.8 Å². The molecule has 0 bridgehead atoms. The fourth-order valence-electron chi connectivity index (χ4n) is 4.79. The van der Waals surface area contributed by atoms with Gasteiger partial charge in [0.25, 0.3) is 0 Å². The number of nitrogens with zero attached hydrogens (tertiary/aromatic N) is 2. The summed E-state index contributed by atoms with van der Waals surface area (Å²) in [6.07, 6.45) is -3.03. The number of carboxylic acid groups (broad SMARTS) is 1. The van der Waals surface area contributed by atoms with Gasteiger partial charge in [0.05, 0.1) is 17.2 Å². The third kappa shape index (κ3) is 6.61. The molecule has 3 aromatic carbocycles. The quantitative estimate of drug-likeness (QED) is 0.248. The molecule has 1 fully saturated rings. The number of carboxylic acids is 1. The Kier molecular flexibility index (Phi) is 8.52. The Hall–Kier alpha value is -3.65. The first kappa shape index (κ1) is 27.4. The molecule has 1 atom stereocenters. The molecule has 1 aliphatic rings. The van der Waals surface area contributed by atoms with Crippen molar-refractivity contribution >= 4 is 11.7 Å². The van der Waals surface area contributed by atoms with Gasteiger partial charge in [0.1, 0.15) is 6.61 Å². The molecule has 8 heteroatoms. The Morgan fingerprint density at radius 1 is 1.08 bits per heavy atom. The Bertz CT molecular complexity index is 1310. The normalized spacial score (nSPS) is 16.6. The van der Waals surface area contributed by atoms with Crippen LogP contribution in [0.5, 0.6) is 0 Å². The molecule has 5 nitrogen and oxygen atoms in total. The molecule has 0 radical (unpaired) electrons. The van der Waals surface area contributed by atoms with Crippen molar-refractivity contribution in [3.8, 4) is 11.1 Å². The van der Waals surface area contributed by atoms with E-state index >= 15 is 0 Å². The molecule has 1 N–H and O–H groups in total. The molecule has 0 saturated carbocycles. The Labute approximate surface area is 220 Å². The lowest BCUT2D eigenvalue weighted by atomic mass is 9.97. The second-order valence-corrected chi connectivity index (χ2v) is 9.59. The van der Waals surface area contributed by atoms with Crippen molar-refractivity contribution in [2.24, 2.45) is 11.1 Å². The highest BCUT2D eigenvalue weighted by atomic mass is 19.4. The maximum Gasteiger partial charge on any atom is 0.417 e. The Balaban J connectivity index is 1.44. The number of aryl methyl sites for hydroxylation is 1. The maximum absolute atomic E-state index is 13.8. The molecule has 0 aromatic heterocycles. The summed E-state index contributed by atoms with van der Waals surface area (Å²) in [6, 6.07) is 18.7. The van der Waals surface area contributed by atoms with Gasteiger partial charge in [-0.25, -0.2) is 0 Å². The molecular formula is C30H31F3N2O3. The third-order valence-electron chi connectivity index (χ3n) is 6.93. The lowest BCUT2D eigenvalue weighted by molar-refractivity contribution is -0.141. The van der Waals surface area contributed by atoms with Crippen LogP contribution in [-0.2, 0) is 35.4 Å². The number of benzene rings is 3. The van der Waals surface area contributed by atoms with Gasteiger partial charge in [0.15, 0.2) is 0 Å². The van der Waals surface area contributed by atoms with E-state index in [-0.39, 0.29) is 18.1 Å². The highest BCUT2D eigenvalue weighted by Crippen LogP contribution is 2.37. The van der Waals surface area contributed by atoms with Gasteiger partial charge in [-0.3, -0.25) is 9.69 Å². The molecule has 0 spiro atoms. The first-order valence-corrected chi connectivity index (χ1v) is 12.6. The highest BCUT2D eigenvalue weighted by molar-refractivity contribution is 5.98. The van der Waals surface area contributed by atoms with Crippen molar-refractivity contribution in [1.82, 2.24) is 4.90 Å². The number of hydrogen-bond acceptors (Lipinski definition) is 4. The lowest BCUT2D eigenvalue weighted by Gasteiger charge is -2.18. The van der Waals surface area contributed by atoms with Gasteiger partial charge in [-0.1, -0.05) is 66.7 Å². The van der Waals surface area contributed by atoms with Crippen molar-refractivity contribution < 1.29 is 27.9 Å². The van der Waals surface area contributed by atoms with E-state index < -0.39 is 17.7 Å². The van der Waals surface area contributed by atoms with Gasteiger partial charge in [-0.05, 0) is 71.8 Å². The van der Waals surface area contributed by atoms with E-state index in [1.807, 2.05) is 18.2 Å². The minimum absolute atomic E-state index is 0.0894. The largest absolute Gasteiger partial charge is 0.481 e. The molecule has 0 aliphatic carbocycles. The molecule has 200 valence electrons. The summed E-state index contributed by atoms with van der Waals surface area (Å²) < 4.78 is 41.3.